The zero-order valence-corrected chi connectivity index (χ0v) is 20.3. The predicted molar refractivity (Wildman–Crippen MR) is 128 cm³/mol. The summed E-state index contributed by atoms with van der Waals surface area (Å²) in [6.07, 6.45) is 15.1. The van der Waals surface area contributed by atoms with Crippen molar-refractivity contribution in [3.63, 3.8) is 0 Å². The highest BCUT2D eigenvalue weighted by Crippen LogP contribution is 2.50. The molecule has 30 heavy (non-hydrogen) atoms. The molecule has 1 aliphatic heterocycles. The molecule has 3 rings (SSSR count). The first-order chi connectivity index (χ1) is 14.2. The van der Waals surface area contributed by atoms with Crippen LogP contribution in [0.2, 0.25) is 0 Å². The maximum Gasteiger partial charge on any atom is 0.132 e. The minimum atomic E-state index is -0.333. The normalized spacial score (nSPS) is 20.3. The zero-order valence-electron chi connectivity index (χ0n) is 20.3. The minimum absolute atomic E-state index is 0.00160. The third kappa shape index (κ3) is 5.06. The van der Waals surface area contributed by atoms with Crippen molar-refractivity contribution in [1.82, 2.24) is 0 Å². The van der Waals surface area contributed by atoms with Crippen molar-refractivity contribution in [2.24, 2.45) is 11.8 Å². The van der Waals surface area contributed by atoms with Gasteiger partial charge in [-0.3, -0.25) is 0 Å². The lowest BCUT2D eigenvalue weighted by Crippen LogP contribution is -2.32. The number of aromatic hydroxyl groups is 1. The van der Waals surface area contributed by atoms with E-state index in [2.05, 4.69) is 53.7 Å². The van der Waals surface area contributed by atoms with Gasteiger partial charge in [-0.05, 0) is 79.7 Å². The molecule has 1 unspecified atom stereocenters. The van der Waals surface area contributed by atoms with Crippen LogP contribution in [0.25, 0.3) is 5.57 Å². The Balaban J connectivity index is 1.90. The fourth-order valence-electron chi connectivity index (χ4n) is 5.36. The van der Waals surface area contributed by atoms with Crippen LogP contribution >= 0.6 is 0 Å². The average molecular weight is 413 g/mol. The summed E-state index contributed by atoms with van der Waals surface area (Å²) in [5.41, 5.74) is 3.13. The van der Waals surface area contributed by atoms with E-state index in [0.29, 0.717) is 17.6 Å². The van der Waals surface area contributed by atoms with Crippen LogP contribution in [-0.2, 0) is 5.41 Å². The summed E-state index contributed by atoms with van der Waals surface area (Å²) in [7, 11) is 0. The molecule has 1 atom stereocenters. The van der Waals surface area contributed by atoms with Crippen LogP contribution in [0.3, 0.4) is 0 Å². The standard InChI is InChI=1S/C28H44O2/c1-7-8-9-11-14-20(2)28(5,6)22-17-24(29)26-23(21-15-12-10-13-16-21)19-27(3,4)30-25(26)18-22/h17-21,29H,7-16H2,1-6H3. The van der Waals surface area contributed by atoms with Crippen LogP contribution < -0.4 is 4.74 Å². The number of phenolic OH excluding ortho intramolecular Hbond substituents is 1. The number of hydrogen-bond acceptors (Lipinski definition) is 2. The number of hydrogen-bond donors (Lipinski definition) is 1. The smallest absolute Gasteiger partial charge is 0.132 e. The Bertz CT molecular complexity index is 750. The van der Waals surface area contributed by atoms with Crippen LogP contribution in [0.15, 0.2) is 18.2 Å². The topological polar surface area (TPSA) is 29.5 Å². The van der Waals surface area contributed by atoms with Gasteiger partial charge in [0.2, 0.25) is 0 Å². The Kier molecular flexibility index (Phi) is 7.25. The second-order valence-corrected chi connectivity index (χ2v) is 11.0. The van der Waals surface area contributed by atoms with E-state index in [1.54, 1.807) is 0 Å². The lowest BCUT2D eigenvalue weighted by atomic mass is 9.71. The molecule has 1 heterocycles. The summed E-state index contributed by atoms with van der Waals surface area (Å²) in [5.74, 6) is 2.38. The van der Waals surface area contributed by atoms with Gasteiger partial charge in [0.1, 0.15) is 17.1 Å². The first kappa shape index (κ1) is 23.2. The van der Waals surface area contributed by atoms with Crippen LogP contribution in [-0.4, -0.2) is 10.7 Å². The Morgan fingerprint density at radius 2 is 1.80 bits per heavy atom. The van der Waals surface area contributed by atoms with Crippen LogP contribution in [0, 0.1) is 11.8 Å². The van der Waals surface area contributed by atoms with Crippen LogP contribution in [0.4, 0.5) is 0 Å². The van der Waals surface area contributed by atoms with E-state index in [0.717, 1.165) is 11.3 Å². The number of rotatable bonds is 8. The second kappa shape index (κ2) is 9.37. The van der Waals surface area contributed by atoms with E-state index in [9.17, 15) is 5.11 Å². The number of unbranched alkanes of at least 4 members (excludes halogenated alkanes) is 3. The van der Waals surface area contributed by atoms with E-state index in [-0.39, 0.29) is 11.0 Å². The first-order valence-corrected chi connectivity index (χ1v) is 12.5. The summed E-state index contributed by atoms with van der Waals surface area (Å²) >= 11 is 0. The zero-order chi connectivity index (χ0) is 21.9. The molecule has 1 aromatic rings. The summed E-state index contributed by atoms with van der Waals surface area (Å²) in [6, 6.07) is 4.26. The monoisotopic (exact) mass is 412 g/mol. The van der Waals surface area contributed by atoms with Gasteiger partial charge in [0.25, 0.3) is 0 Å². The maximum atomic E-state index is 11.2. The molecule has 0 bridgehead atoms. The highest BCUT2D eigenvalue weighted by Gasteiger charge is 2.35. The number of allylic oxidation sites excluding steroid dienone is 1. The molecule has 1 aliphatic carbocycles. The van der Waals surface area contributed by atoms with Crippen LogP contribution in [0.1, 0.15) is 117 Å². The van der Waals surface area contributed by atoms with E-state index in [1.807, 2.05) is 6.07 Å². The molecule has 1 saturated carbocycles. The highest BCUT2D eigenvalue weighted by atomic mass is 16.5. The predicted octanol–water partition coefficient (Wildman–Crippen LogP) is 8.41. The minimum Gasteiger partial charge on any atom is -0.507 e. The molecule has 1 fully saturated rings. The number of ether oxygens (including phenoxy) is 1. The first-order valence-electron chi connectivity index (χ1n) is 12.5. The van der Waals surface area contributed by atoms with Gasteiger partial charge in [-0.15, -0.1) is 0 Å². The van der Waals surface area contributed by atoms with Gasteiger partial charge in [-0.2, -0.15) is 0 Å². The fraction of sp³-hybridized carbons (Fsp3) is 0.714. The maximum absolute atomic E-state index is 11.2. The van der Waals surface area contributed by atoms with Gasteiger partial charge in [0.15, 0.2) is 0 Å². The summed E-state index contributed by atoms with van der Waals surface area (Å²) in [6.45, 7) is 13.6. The van der Waals surface area contributed by atoms with Crippen molar-refractivity contribution in [3.8, 4) is 11.5 Å². The molecule has 168 valence electrons. The van der Waals surface area contributed by atoms with E-state index >= 15 is 0 Å². The third-order valence-corrected chi connectivity index (χ3v) is 7.76. The third-order valence-electron chi connectivity index (χ3n) is 7.76. The van der Waals surface area contributed by atoms with Crippen molar-refractivity contribution in [3.05, 3.63) is 29.3 Å². The molecule has 0 spiro atoms. The molecular formula is C28H44O2. The molecule has 2 aliphatic rings. The molecule has 0 radical (unpaired) electrons. The lowest BCUT2D eigenvalue weighted by Gasteiger charge is -2.38. The summed E-state index contributed by atoms with van der Waals surface area (Å²) < 4.78 is 6.41. The molecular weight excluding hydrogens is 368 g/mol. The Morgan fingerprint density at radius 3 is 2.47 bits per heavy atom. The highest BCUT2D eigenvalue weighted by molar-refractivity contribution is 5.79. The van der Waals surface area contributed by atoms with E-state index in [4.69, 9.17) is 4.74 Å². The van der Waals surface area contributed by atoms with E-state index in [1.165, 1.54) is 75.3 Å². The average Bonchev–Trinajstić information content (AvgIpc) is 2.70. The molecule has 0 aromatic heterocycles. The molecule has 0 saturated heterocycles. The summed E-state index contributed by atoms with van der Waals surface area (Å²) in [4.78, 5) is 0. The van der Waals surface area contributed by atoms with Crippen molar-refractivity contribution in [2.45, 2.75) is 117 Å². The number of benzene rings is 1. The fourth-order valence-corrected chi connectivity index (χ4v) is 5.36. The van der Waals surface area contributed by atoms with Crippen molar-refractivity contribution < 1.29 is 9.84 Å². The van der Waals surface area contributed by atoms with Gasteiger partial charge in [0, 0.05) is 0 Å². The Hall–Kier alpha value is -1.44. The molecule has 2 nitrogen and oxygen atoms in total. The van der Waals surface area contributed by atoms with Gasteiger partial charge < -0.3 is 9.84 Å². The molecule has 0 amide bonds. The van der Waals surface area contributed by atoms with E-state index < -0.39 is 0 Å². The van der Waals surface area contributed by atoms with Crippen molar-refractivity contribution >= 4 is 5.57 Å². The second-order valence-electron chi connectivity index (χ2n) is 11.0. The summed E-state index contributed by atoms with van der Waals surface area (Å²) in [5, 5.41) is 11.2. The van der Waals surface area contributed by atoms with Gasteiger partial charge in [-0.1, -0.05) is 72.6 Å². The van der Waals surface area contributed by atoms with Crippen molar-refractivity contribution in [2.75, 3.05) is 0 Å². The Morgan fingerprint density at radius 1 is 1.10 bits per heavy atom. The number of fused-ring (bicyclic) bond motifs is 1. The SMILES string of the molecule is CCCCCCC(C)C(C)(C)c1cc(O)c2c(c1)OC(C)(C)C=C2C1CCCCC1. The van der Waals surface area contributed by atoms with Gasteiger partial charge in [0.05, 0.1) is 5.56 Å². The lowest BCUT2D eigenvalue weighted by molar-refractivity contribution is 0.155. The number of phenols is 1. The molecule has 1 aromatic carbocycles. The quantitative estimate of drug-likeness (QED) is 0.434. The molecule has 2 heteroatoms. The van der Waals surface area contributed by atoms with Crippen LogP contribution in [0.5, 0.6) is 11.5 Å². The van der Waals surface area contributed by atoms with Crippen molar-refractivity contribution in [1.29, 1.82) is 0 Å². The molecule has 1 N–H and O–H groups in total. The van der Waals surface area contributed by atoms with Gasteiger partial charge in [-0.25, -0.2) is 0 Å². The largest absolute Gasteiger partial charge is 0.507 e. The Labute approximate surface area is 185 Å². The van der Waals surface area contributed by atoms with Gasteiger partial charge >= 0.3 is 0 Å².